The van der Waals surface area contributed by atoms with Gasteiger partial charge in [-0.2, -0.15) is 0 Å². The molecule has 0 bridgehead atoms. The monoisotopic (exact) mass is 300 g/mol. The van der Waals surface area contributed by atoms with Gasteiger partial charge in [-0.3, -0.25) is 4.79 Å². The van der Waals surface area contributed by atoms with Crippen molar-refractivity contribution in [2.24, 2.45) is 0 Å². The summed E-state index contributed by atoms with van der Waals surface area (Å²) in [5.74, 6) is 0.346. The Morgan fingerprint density at radius 3 is 2.68 bits per heavy atom. The maximum atomic E-state index is 12.6. The molecule has 2 aromatic rings. The molecule has 1 amide bonds. The van der Waals surface area contributed by atoms with Crippen molar-refractivity contribution < 1.29 is 9.21 Å². The molecule has 4 heteroatoms. The van der Waals surface area contributed by atoms with Gasteiger partial charge in [-0.15, -0.1) is 0 Å². The largest absolute Gasteiger partial charge is 0.450 e. The van der Waals surface area contributed by atoms with Crippen LogP contribution >= 0.6 is 0 Å². The van der Waals surface area contributed by atoms with Crippen LogP contribution in [0.15, 0.2) is 16.5 Å². The van der Waals surface area contributed by atoms with Crippen molar-refractivity contribution in [1.29, 1.82) is 0 Å². The minimum atomic E-state index is -0.104. The number of aryl methyl sites for hydroxylation is 3. The Hall–Kier alpha value is -1.81. The maximum Gasteiger partial charge on any atom is 0.287 e. The van der Waals surface area contributed by atoms with E-state index < -0.39 is 0 Å². The molecule has 1 aromatic carbocycles. The van der Waals surface area contributed by atoms with Gasteiger partial charge in [-0.1, -0.05) is 12.1 Å². The third-order valence-corrected chi connectivity index (χ3v) is 4.77. The number of fused-ring (bicyclic) bond motifs is 1. The molecule has 1 fully saturated rings. The van der Waals surface area contributed by atoms with Crippen LogP contribution in [0.5, 0.6) is 0 Å². The van der Waals surface area contributed by atoms with Gasteiger partial charge in [0.2, 0.25) is 0 Å². The molecule has 118 valence electrons. The topological polar surface area (TPSA) is 54.3 Å². The normalized spacial score (nSPS) is 22.0. The molecule has 2 N–H and O–H groups in total. The zero-order valence-corrected chi connectivity index (χ0v) is 13.7. The van der Waals surface area contributed by atoms with E-state index in [1.807, 2.05) is 19.9 Å². The van der Waals surface area contributed by atoms with E-state index in [-0.39, 0.29) is 11.9 Å². The van der Waals surface area contributed by atoms with Crippen LogP contribution in [0.25, 0.3) is 11.0 Å². The van der Waals surface area contributed by atoms with Crippen LogP contribution in [0.1, 0.15) is 47.0 Å². The molecule has 0 saturated carbocycles. The highest BCUT2D eigenvalue weighted by Gasteiger charge is 2.26. The van der Waals surface area contributed by atoms with Crippen molar-refractivity contribution >= 4 is 16.9 Å². The third kappa shape index (κ3) is 2.52. The van der Waals surface area contributed by atoms with E-state index in [2.05, 4.69) is 30.5 Å². The van der Waals surface area contributed by atoms with E-state index in [4.69, 9.17) is 4.42 Å². The van der Waals surface area contributed by atoms with Crippen molar-refractivity contribution in [3.63, 3.8) is 0 Å². The Bertz CT molecular complexity index is 717. The van der Waals surface area contributed by atoms with Crippen LogP contribution in [0.3, 0.4) is 0 Å². The number of carbonyl (C=O) groups is 1. The first kappa shape index (κ1) is 15.1. The molecular weight excluding hydrogens is 276 g/mol. The van der Waals surface area contributed by atoms with Crippen molar-refractivity contribution in [3.8, 4) is 0 Å². The molecule has 22 heavy (non-hydrogen) atoms. The maximum absolute atomic E-state index is 12.6. The molecule has 0 radical (unpaired) electrons. The first-order valence-electron chi connectivity index (χ1n) is 8.02. The fourth-order valence-electron chi connectivity index (χ4n) is 3.37. The van der Waals surface area contributed by atoms with Crippen LogP contribution in [0.4, 0.5) is 0 Å². The number of hydrogen-bond acceptors (Lipinski definition) is 3. The lowest BCUT2D eigenvalue weighted by molar-refractivity contribution is 0.0893. The number of furan rings is 1. The summed E-state index contributed by atoms with van der Waals surface area (Å²) in [5, 5.41) is 7.60. The zero-order valence-electron chi connectivity index (χ0n) is 13.7. The fraction of sp³-hybridized carbons (Fsp3) is 0.500. The molecule has 2 heterocycles. The summed E-state index contributed by atoms with van der Waals surface area (Å²) in [6.07, 6.45) is 2.10. The van der Waals surface area contributed by atoms with Crippen molar-refractivity contribution in [1.82, 2.24) is 10.6 Å². The van der Waals surface area contributed by atoms with Gasteiger partial charge in [0.25, 0.3) is 5.91 Å². The lowest BCUT2D eigenvalue weighted by Gasteiger charge is -2.30. The summed E-state index contributed by atoms with van der Waals surface area (Å²) in [7, 11) is 0. The standard InChI is InChI=1S/C18H24N2O2/c1-10-7-8-11(2)16-15(10)12(3)17(22-16)18(21)20-14-6-5-9-19-13(14)4/h7-8,13-14,19H,5-6,9H2,1-4H3,(H,20,21). The van der Waals surface area contributed by atoms with Gasteiger partial charge < -0.3 is 15.1 Å². The number of carbonyl (C=O) groups excluding carboxylic acids is 1. The summed E-state index contributed by atoms with van der Waals surface area (Å²) in [6.45, 7) is 9.17. The molecule has 3 rings (SSSR count). The van der Waals surface area contributed by atoms with Crippen LogP contribution in [0.2, 0.25) is 0 Å². The highest BCUT2D eigenvalue weighted by Crippen LogP contribution is 2.30. The number of piperidine rings is 1. The van der Waals surface area contributed by atoms with Gasteiger partial charge in [0, 0.05) is 23.0 Å². The van der Waals surface area contributed by atoms with E-state index >= 15 is 0 Å². The number of rotatable bonds is 2. The second-order valence-corrected chi connectivity index (χ2v) is 6.42. The fourth-order valence-corrected chi connectivity index (χ4v) is 3.37. The second kappa shape index (κ2) is 5.76. The highest BCUT2D eigenvalue weighted by atomic mass is 16.3. The summed E-state index contributed by atoms with van der Waals surface area (Å²) >= 11 is 0. The van der Waals surface area contributed by atoms with Crippen molar-refractivity contribution in [2.75, 3.05) is 6.54 Å². The van der Waals surface area contributed by atoms with Gasteiger partial charge in [0.05, 0.1) is 0 Å². The number of nitrogens with one attached hydrogen (secondary N) is 2. The summed E-state index contributed by atoms with van der Waals surface area (Å²) < 4.78 is 5.92. The lowest BCUT2D eigenvalue weighted by atomic mass is 9.99. The minimum absolute atomic E-state index is 0.104. The average Bonchev–Trinajstić information content (AvgIpc) is 2.84. The Balaban J connectivity index is 1.93. The molecule has 4 nitrogen and oxygen atoms in total. The van der Waals surface area contributed by atoms with Crippen LogP contribution < -0.4 is 10.6 Å². The zero-order chi connectivity index (χ0) is 15.9. The molecule has 2 atom stereocenters. The minimum Gasteiger partial charge on any atom is -0.450 e. The van der Waals surface area contributed by atoms with E-state index in [0.29, 0.717) is 11.8 Å². The first-order chi connectivity index (χ1) is 10.5. The molecule has 1 aliphatic heterocycles. The number of amides is 1. The Morgan fingerprint density at radius 2 is 2.00 bits per heavy atom. The van der Waals surface area contributed by atoms with Gasteiger partial charge in [0.1, 0.15) is 5.58 Å². The van der Waals surface area contributed by atoms with Crippen molar-refractivity contribution in [2.45, 2.75) is 52.6 Å². The molecule has 1 saturated heterocycles. The van der Waals surface area contributed by atoms with Gasteiger partial charge in [-0.05, 0) is 58.2 Å². The SMILES string of the molecule is Cc1ccc(C)c2c(C)c(C(=O)NC3CCCNC3C)oc12. The molecular formula is C18H24N2O2. The quantitative estimate of drug-likeness (QED) is 0.895. The first-order valence-corrected chi connectivity index (χ1v) is 8.02. The van der Waals surface area contributed by atoms with E-state index in [1.54, 1.807) is 0 Å². The lowest BCUT2D eigenvalue weighted by Crippen LogP contribution is -2.51. The Morgan fingerprint density at radius 1 is 1.27 bits per heavy atom. The van der Waals surface area contributed by atoms with Gasteiger partial charge >= 0.3 is 0 Å². The highest BCUT2D eigenvalue weighted by molar-refractivity contribution is 6.00. The second-order valence-electron chi connectivity index (χ2n) is 6.42. The molecule has 1 aromatic heterocycles. The summed E-state index contributed by atoms with van der Waals surface area (Å²) in [6, 6.07) is 4.58. The Kier molecular flexibility index (Phi) is 3.96. The van der Waals surface area contributed by atoms with Gasteiger partial charge in [0.15, 0.2) is 5.76 Å². The van der Waals surface area contributed by atoms with Crippen LogP contribution in [-0.4, -0.2) is 24.5 Å². The molecule has 2 unspecified atom stereocenters. The van der Waals surface area contributed by atoms with E-state index in [9.17, 15) is 4.79 Å². The van der Waals surface area contributed by atoms with Crippen LogP contribution in [0, 0.1) is 20.8 Å². The molecule has 0 spiro atoms. The summed E-state index contributed by atoms with van der Waals surface area (Å²) in [4.78, 5) is 12.6. The number of hydrogen-bond donors (Lipinski definition) is 2. The summed E-state index contributed by atoms with van der Waals surface area (Å²) in [5.41, 5.74) is 3.98. The predicted molar refractivity (Wildman–Crippen MR) is 88.4 cm³/mol. The Labute approximate surface area is 131 Å². The smallest absolute Gasteiger partial charge is 0.287 e. The van der Waals surface area contributed by atoms with Crippen molar-refractivity contribution in [3.05, 3.63) is 34.6 Å². The third-order valence-electron chi connectivity index (χ3n) is 4.77. The van der Waals surface area contributed by atoms with Crippen LogP contribution in [-0.2, 0) is 0 Å². The number of benzene rings is 1. The predicted octanol–water partition coefficient (Wildman–Crippen LogP) is 3.23. The van der Waals surface area contributed by atoms with E-state index in [0.717, 1.165) is 47.0 Å². The molecule has 0 aliphatic carbocycles. The molecule has 1 aliphatic rings. The van der Waals surface area contributed by atoms with Gasteiger partial charge in [-0.25, -0.2) is 0 Å². The van der Waals surface area contributed by atoms with E-state index in [1.165, 1.54) is 0 Å². The average molecular weight is 300 g/mol.